The number of nitrogens with two attached hydrogens (primary N) is 1. The first-order chi connectivity index (χ1) is 6.80. The number of nitrogens with one attached hydrogen (secondary N) is 1. The molecule has 1 aromatic rings. The van der Waals surface area contributed by atoms with Gasteiger partial charge in [0.15, 0.2) is 0 Å². The smallest absolute Gasteiger partial charge is 0.238 e. The van der Waals surface area contributed by atoms with Crippen molar-refractivity contribution in [1.82, 2.24) is 0 Å². The lowest BCUT2D eigenvalue weighted by atomic mass is 10.2. The fourth-order valence-corrected chi connectivity index (χ4v) is 2.02. The zero-order valence-electron chi connectivity index (χ0n) is 8.44. The molecule has 1 aromatic carbocycles. The summed E-state index contributed by atoms with van der Waals surface area (Å²) in [5.41, 5.74) is 1.05. The fraction of sp³-hybridized carbons (Fsp3) is 0.222. The summed E-state index contributed by atoms with van der Waals surface area (Å²) in [6.45, 7) is 2.99. The van der Waals surface area contributed by atoms with Crippen LogP contribution < -0.4 is 10.5 Å². The normalized spacial score (nSPS) is 11.1. The lowest BCUT2D eigenvalue weighted by molar-refractivity contribution is -0.114. The first-order valence-corrected chi connectivity index (χ1v) is 5.76. The molecule has 0 aromatic heterocycles. The van der Waals surface area contributed by atoms with Crippen molar-refractivity contribution in [2.75, 3.05) is 5.32 Å². The lowest BCUT2D eigenvalue weighted by Gasteiger charge is -2.06. The second-order valence-electron chi connectivity index (χ2n) is 3.21. The van der Waals surface area contributed by atoms with Crippen molar-refractivity contribution in [2.24, 2.45) is 5.14 Å². The predicted molar refractivity (Wildman–Crippen MR) is 56.9 cm³/mol. The third-order valence-electron chi connectivity index (χ3n) is 1.80. The molecule has 6 heteroatoms. The number of rotatable bonds is 2. The zero-order valence-corrected chi connectivity index (χ0v) is 9.26. The van der Waals surface area contributed by atoms with Gasteiger partial charge in [0.05, 0.1) is 4.90 Å². The van der Waals surface area contributed by atoms with Crippen molar-refractivity contribution in [3.63, 3.8) is 0 Å². The van der Waals surface area contributed by atoms with Crippen LogP contribution in [0.1, 0.15) is 12.5 Å². The van der Waals surface area contributed by atoms with Crippen LogP contribution in [-0.4, -0.2) is 14.3 Å². The summed E-state index contributed by atoms with van der Waals surface area (Å²) < 4.78 is 22.2. The minimum absolute atomic E-state index is 0.0663. The number of aryl methyl sites for hydroxylation is 1. The van der Waals surface area contributed by atoms with E-state index in [0.29, 0.717) is 11.3 Å². The highest BCUT2D eigenvalue weighted by molar-refractivity contribution is 7.89. The van der Waals surface area contributed by atoms with E-state index in [2.05, 4.69) is 5.32 Å². The Morgan fingerprint density at radius 1 is 1.40 bits per heavy atom. The molecule has 0 unspecified atom stereocenters. The summed E-state index contributed by atoms with van der Waals surface area (Å²) in [6.07, 6.45) is 0. The van der Waals surface area contributed by atoms with Gasteiger partial charge in [-0.2, -0.15) is 0 Å². The molecule has 82 valence electrons. The number of carbonyl (C=O) groups is 1. The quantitative estimate of drug-likeness (QED) is 0.776. The van der Waals surface area contributed by atoms with Crippen molar-refractivity contribution >= 4 is 21.6 Å². The molecule has 0 radical (unpaired) electrons. The summed E-state index contributed by atoms with van der Waals surface area (Å²) in [5, 5.41) is 7.54. The number of hydrogen-bond donors (Lipinski definition) is 2. The minimum atomic E-state index is -3.69. The third kappa shape index (κ3) is 3.03. The highest BCUT2D eigenvalue weighted by Crippen LogP contribution is 2.18. The van der Waals surface area contributed by atoms with Crippen LogP contribution in [0.3, 0.4) is 0 Å². The Hall–Kier alpha value is -1.40. The predicted octanol–water partition coefficient (Wildman–Crippen LogP) is 0.601. The Bertz CT molecular complexity index is 494. The van der Waals surface area contributed by atoms with Gasteiger partial charge in [0.2, 0.25) is 15.9 Å². The van der Waals surface area contributed by atoms with Gasteiger partial charge in [-0.1, -0.05) is 0 Å². The lowest BCUT2D eigenvalue weighted by Crippen LogP contribution is -2.14. The number of benzene rings is 1. The summed E-state index contributed by atoms with van der Waals surface area (Å²) >= 11 is 0. The largest absolute Gasteiger partial charge is 0.326 e. The molecule has 0 atom stereocenters. The van der Waals surface area contributed by atoms with Crippen LogP contribution in [0, 0.1) is 6.92 Å². The first kappa shape index (κ1) is 11.7. The molecule has 1 amide bonds. The number of carbonyl (C=O) groups excluding carboxylic acids is 1. The van der Waals surface area contributed by atoms with Gasteiger partial charge in [-0.05, 0) is 30.7 Å². The average molecular weight is 228 g/mol. The average Bonchev–Trinajstić information content (AvgIpc) is 1.99. The molecule has 0 saturated heterocycles. The van der Waals surface area contributed by atoms with Gasteiger partial charge < -0.3 is 5.32 Å². The molecule has 5 nitrogen and oxygen atoms in total. The molecule has 0 saturated carbocycles. The van der Waals surface area contributed by atoms with Gasteiger partial charge in [-0.25, -0.2) is 13.6 Å². The molecule has 0 fully saturated rings. The number of primary sulfonamides is 1. The van der Waals surface area contributed by atoms with Crippen LogP contribution in [0.2, 0.25) is 0 Å². The van der Waals surface area contributed by atoms with E-state index in [1.54, 1.807) is 13.0 Å². The van der Waals surface area contributed by atoms with Crippen LogP contribution in [0.5, 0.6) is 0 Å². The van der Waals surface area contributed by atoms with Gasteiger partial charge in [-0.15, -0.1) is 0 Å². The standard InChI is InChI=1S/C9H12N2O3S/c1-6-5-8(11-7(2)12)3-4-9(6)15(10,13)14/h3-5H,1-2H3,(H,11,12)(H2,10,13,14). The Labute approximate surface area is 88.3 Å². The van der Waals surface area contributed by atoms with Crippen molar-refractivity contribution < 1.29 is 13.2 Å². The summed E-state index contributed by atoms with van der Waals surface area (Å²) in [4.78, 5) is 10.8. The summed E-state index contributed by atoms with van der Waals surface area (Å²) in [5.74, 6) is -0.210. The van der Waals surface area contributed by atoms with Gasteiger partial charge in [-0.3, -0.25) is 4.79 Å². The monoisotopic (exact) mass is 228 g/mol. The van der Waals surface area contributed by atoms with Gasteiger partial charge in [0.1, 0.15) is 0 Å². The maximum Gasteiger partial charge on any atom is 0.238 e. The van der Waals surface area contributed by atoms with Crippen molar-refractivity contribution in [2.45, 2.75) is 18.7 Å². The highest BCUT2D eigenvalue weighted by Gasteiger charge is 2.11. The van der Waals surface area contributed by atoms with Crippen LogP contribution in [0.4, 0.5) is 5.69 Å². The zero-order chi connectivity index (χ0) is 11.6. The second-order valence-corrected chi connectivity index (χ2v) is 4.74. The van der Waals surface area contributed by atoms with Gasteiger partial charge >= 0.3 is 0 Å². The molecule has 0 bridgehead atoms. The number of anilines is 1. The van der Waals surface area contributed by atoms with Crippen LogP contribution in [-0.2, 0) is 14.8 Å². The SMILES string of the molecule is CC(=O)Nc1ccc(S(N)(=O)=O)c(C)c1. The third-order valence-corrected chi connectivity index (χ3v) is 2.87. The number of amides is 1. The molecule has 3 N–H and O–H groups in total. The van der Waals surface area contributed by atoms with Gasteiger partial charge in [0, 0.05) is 12.6 Å². The molecular weight excluding hydrogens is 216 g/mol. The molecular formula is C9H12N2O3S. The Morgan fingerprint density at radius 2 is 2.00 bits per heavy atom. The molecule has 0 aliphatic rings. The van der Waals surface area contributed by atoms with E-state index < -0.39 is 10.0 Å². The number of hydrogen-bond acceptors (Lipinski definition) is 3. The topological polar surface area (TPSA) is 89.3 Å². The van der Waals surface area contributed by atoms with Crippen molar-refractivity contribution in [1.29, 1.82) is 0 Å². The molecule has 0 heterocycles. The van der Waals surface area contributed by atoms with E-state index in [4.69, 9.17) is 5.14 Å². The van der Waals surface area contributed by atoms with Crippen molar-refractivity contribution in [3.8, 4) is 0 Å². The van der Waals surface area contributed by atoms with E-state index in [1.807, 2.05) is 0 Å². The molecule has 0 aliphatic heterocycles. The Morgan fingerprint density at radius 3 is 2.40 bits per heavy atom. The first-order valence-electron chi connectivity index (χ1n) is 4.22. The fourth-order valence-electron chi connectivity index (χ4n) is 1.25. The number of sulfonamides is 1. The van der Waals surface area contributed by atoms with Gasteiger partial charge in [0.25, 0.3) is 0 Å². The molecule has 0 aliphatic carbocycles. The summed E-state index contributed by atoms with van der Waals surface area (Å²) in [6, 6.07) is 4.42. The maximum absolute atomic E-state index is 11.1. The van der Waals surface area contributed by atoms with Crippen LogP contribution in [0.25, 0.3) is 0 Å². The van der Waals surface area contributed by atoms with E-state index in [9.17, 15) is 13.2 Å². The molecule has 15 heavy (non-hydrogen) atoms. The van der Waals surface area contributed by atoms with E-state index in [0.717, 1.165) is 0 Å². The van der Waals surface area contributed by atoms with E-state index in [1.165, 1.54) is 19.1 Å². The van der Waals surface area contributed by atoms with Crippen molar-refractivity contribution in [3.05, 3.63) is 23.8 Å². The second kappa shape index (κ2) is 4.00. The molecule has 1 rings (SSSR count). The summed E-state index contributed by atoms with van der Waals surface area (Å²) in [7, 11) is -3.69. The minimum Gasteiger partial charge on any atom is -0.326 e. The Kier molecular flexibility index (Phi) is 3.11. The maximum atomic E-state index is 11.1. The Balaban J connectivity index is 3.15. The molecule has 0 spiro atoms. The van der Waals surface area contributed by atoms with E-state index in [-0.39, 0.29) is 10.8 Å². The van der Waals surface area contributed by atoms with E-state index >= 15 is 0 Å². The van der Waals surface area contributed by atoms with Crippen LogP contribution in [0.15, 0.2) is 23.1 Å². The van der Waals surface area contributed by atoms with Crippen LogP contribution >= 0.6 is 0 Å². The highest BCUT2D eigenvalue weighted by atomic mass is 32.2.